The second-order valence-electron chi connectivity index (χ2n) is 8.23. The number of nitrogens with zero attached hydrogens (tertiary/aromatic N) is 2. The summed E-state index contributed by atoms with van der Waals surface area (Å²) in [4.78, 5) is 19.5. The number of fused-ring (bicyclic) bond motifs is 2. The molecule has 2 heterocycles. The molecule has 1 amide bonds. The summed E-state index contributed by atoms with van der Waals surface area (Å²) < 4.78 is 11.5. The Morgan fingerprint density at radius 3 is 2.88 bits per heavy atom. The van der Waals surface area contributed by atoms with Gasteiger partial charge in [0, 0.05) is 25.1 Å². The fourth-order valence-electron chi connectivity index (χ4n) is 4.61. The molecule has 1 unspecified atom stereocenters. The van der Waals surface area contributed by atoms with Crippen molar-refractivity contribution in [3.8, 4) is 5.75 Å². The monoisotopic (exact) mass is 429 g/mol. The van der Waals surface area contributed by atoms with Gasteiger partial charge in [-0.15, -0.1) is 0 Å². The Morgan fingerprint density at radius 1 is 1.16 bits per heavy atom. The second kappa shape index (κ2) is 8.91. The van der Waals surface area contributed by atoms with E-state index in [-0.39, 0.29) is 11.9 Å². The van der Waals surface area contributed by atoms with Gasteiger partial charge in [0.2, 0.25) is 5.91 Å². The number of methoxy groups -OCH3 is 1. The lowest BCUT2D eigenvalue weighted by atomic mass is 9.99. The number of aromatic nitrogens is 1. The number of hydrogen-bond donors (Lipinski definition) is 1. The fraction of sp³-hybridized carbons (Fsp3) is 0.308. The maximum absolute atomic E-state index is 12.7. The summed E-state index contributed by atoms with van der Waals surface area (Å²) in [7, 11) is 1.68. The number of nitrogens with one attached hydrogen (secondary N) is 1. The summed E-state index contributed by atoms with van der Waals surface area (Å²) in [5.74, 6) is 0.874. The summed E-state index contributed by atoms with van der Waals surface area (Å²) in [6.45, 7) is 1.48. The third-order valence-electron chi connectivity index (χ3n) is 6.26. The van der Waals surface area contributed by atoms with Gasteiger partial charge in [0.15, 0.2) is 5.58 Å². The number of aryl methyl sites for hydroxylation is 1. The van der Waals surface area contributed by atoms with E-state index < -0.39 is 0 Å². The molecule has 4 aromatic rings. The van der Waals surface area contributed by atoms with E-state index in [1.165, 1.54) is 0 Å². The molecule has 0 saturated carbocycles. The summed E-state index contributed by atoms with van der Waals surface area (Å²) in [5.41, 5.74) is 2.73. The summed E-state index contributed by atoms with van der Waals surface area (Å²) in [5, 5.41) is 5.42. The number of benzene rings is 3. The maximum atomic E-state index is 12.7. The van der Waals surface area contributed by atoms with Gasteiger partial charge in [0.1, 0.15) is 11.3 Å². The Bertz CT molecular complexity index is 1220. The highest BCUT2D eigenvalue weighted by molar-refractivity contribution is 5.88. The van der Waals surface area contributed by atoms with Crippen molar-refractivity contribution >= 4 is 33.8 Å². The van der Waals surface area contributed by atoms with E-state index >= 15 is 0 Å². The van der Waals surface area contributed by atoms with E-state index in [1.807, 2.05) is 42.5 Å². The Kier molecular flexibility index (Phi) is 5.67. The summed E-state index contributed by atoms with van der Waals surface area (Å²) in [6.07, 6.45) is 3.12. The lowest BCUT2D eigenvalue weighted by Gasteiger charge is -2.23. The van der Waals surface area contributed by atoms with Gasteiger partial charge in [0.25, 0.3) is 6.01 Å². The highest BCUT2D eigenvalue weighted by atomic mass is 16.5. The molecule has 1 N–H and O–H groups in total. The summed E-state index contributed by atoms with van der Waals surface area (Å²) in [6, 6.07) is 20.9. The third kappa shape index (κ3) is 4.00. The standard InChI is InChI=1S/C26H27N3O3/c1-31-23-14-12-18-7-2-3-9-20(18)21(23)13-15-25(30)27-17-19-8-6-16-29(19)26-28-22-10-4-5-11-24(22)32-26/h2-5,7,9-12,14,19H,6,8,13,15-17H2,1H3,(H,27,30). The van der Waals surface area contributed by atoms with Crippen LogP contribution in [0.15, 0.2) is 65.1 Å². The van der Waals surface area contributed by atoms with Crippen LogP contribution in [-0.4, -0.2) is 37.1 Å². The molecule has 0 radical (unpaired) electrons. The molecule has 1 atom stereocenters. The van der Waals surface area contributed by atoms with Crippen LogP contribution in [0.5, 0.6) is 5.75 Å². The first-order chi connectivity index (χ1) is 15.7. The predicted molar refractivity (Wildman–Crippen MR) is 126 cm³/mol. The van der Waals surface area contributed by atoms with Gasteiger partial charge in [-0.2, -0.15) is 4.98 Å². The van der Waals surface area contributed by atoms with Crippen LogP contribution in [-0.2, 0) is 11.2 Å². The molecule has 1 fully saturated rings. The van der Waals surface area contributed by atoms with Gasteiger partial charge in [-0.25, -0.2) is 0 Å². The van der Waals surface area contributed by atoms with E-state index in [0.717, 1.165) is 52.6 Å². The van der Waals surface area contributed by atoms with E-state index in [1.54, 1.807) is 7.11 Å². The van der Waals surface area contributed by atoms with Crippen LogP contribution in [0.25, 0.3) is 21.9 Å². The second-order valence-corrected chi connectivity index (χ2v) is 8.23. The average Bonchev–Trinajstić information content (AvgIpc) is 3.47. The minimum atomic E-state index is 0.0457. The highest BCUT2D eigenvalue weighted by Gasteiger charge is 2.28. The van der Waals surface area contributed by atoms with Crippen LogP contribution < -0.4 is 15.0 Å². The molecule has 1 aromatic heterocycles. The molecule has 1 saturated heterocycles. The minimum Gasteiger partial charge on any atom is -0.496 e. The van der Waals surface area contributed by atoms with Crippen LogP contribution in [0.4, 0.5) is 6.01 Å². The largest absolute Gasteiger partial charge is 0.496 e. The van der Waals surface area contributed by atoms with Crippen LogP contribution in [0.2, 0.25) is 0 Å². The Labute approximate surface area is 187 Å². The average molecular weight is 430 g/mol. The third-order valence-corrected chi connectivity index (χ3v) is 6.26. The molecule has 32 heavy (non-hydrogen) atoms. The van der Waals surface area contributed by atoms with Gasteiger partial charge in [-0.3, -0.25) is 4.79 Å². The number of carbonyl (C=O) groups is 1. The number of amides is 1. The first-order valence-corrected chi connectivity index (χ1v) is 11.2. The van der Waals surface area contributed by atoms with Crippen molar-refractivity contribution in [2.45, 2.75) is 31.7 Å². The number of ether oxygens (including phenoxy) is 1. The van der Waals surface area contributed by atoms with Crippen LogP contribution in [0.1, 0.15) is 24.8 Å². The molecule has 0 aliphatic carbocycles. The van der Waals surface area contributed by atoms with Crippen molar-refractivity contribution in [3.05, 3.63) is 66.2 Å². The van der Waals surface area contributed by atoms with Gasteiger partial charge in [-0.05, 0) is 48.2 Å². The zero-order valence-electron chi connectivity index (χ0n) is 18.2. The number of rotatable bonds is 7. The van der Waals surface area contributed by atoms with Crippen molar-refractivity contribution in [3.63, 3.8) is 0 Å². The normalized spacial score (nSPS) is 16.0. The molecule has 164 valence electrons. The number of carbonyl (C=O) groups excluding carboxylic acids is 1. The molecular weight excluding hydrogens is 402 g/mol. The number of para-hydroxylation sites is 2. The van der Waals surface area contributed by atoms with Crippen molar-refractivity contribution in [1.82, 2.24) is 10.3 Å². The van der Waals surface area contributed by atoms with Gasteiger partial charge in [-0.1, -0.05) is 42.5 Å². The zero-order valence-corrected chi connectivity index (χ0v) is 18.2. The molecule has 6 nitrogen and oxygen atoms in total. The first-order valence-electron chi connectivity index (χ1n) is 11.2. The van der Waals surface area contributed by atoms with Gasteiger partial charge < -0.3 is 19.4 Å². The lowest BCUT2D eigenvalue weighted by molar-refractivity contribution is -0.121. The maximum Gasteiger partial charge on any atom is 0.298 e. The van der Waals surface area contributed by atoms with E-state index in [2.05, 4.69) is 33.4 Å². The van der Waals surface area contributed by atoms with E-state index in [0.29, 0.717) is 25.4 Å². The summed E-state index contributed by atoms with van der Waals surface area (Å²) >= 11 is 0. The number of hydrogen-bond acceptors (Lipinski definition) is 5. The van der Waals surface area contributed by atoms with Crippen molar-refractivity contribution in [1.29, 1.82) is 0 Å². The number of oxazole rings is 1. The highest BCUT2D eigenvalue weighted by Crippen LogP contribution is 2.30. The molecule has 5 rings (SSSR count). The van der Waals surface area contributed by atoms with Crippen molar-refractivity contribution in [2.24, 2.45) is 0 Å². The Balaban J connectivity index is 1.22. The smallest absolute Gasteiger partial charge is 0.298 e. The molecule has 0 spiro atoms. The number of anilines is 1. The predicted octanol–water partition coefficient (Wildman–Crippen LogP) is 4.71. The van der Waals surface area contributed by atoms with Crippen LogP contribution >= 0.6 is 0 Å². The molecular formula is C26H27N3O3. The van der Waals surface area contributed by atoms with E-state index in [4.69, 9.17) is 9.15 Å². The molecule has 6 heteroatoms. The van der Waals surface area contributed by atoms with E-state index in [9.17, 15) is 4.79 Å². The first kappa shape index (κ1) is 20.4. The topological polar surface area (TPSA) is 67.6 Å². The van der Waals surface area contributed by atoms with Crippen LogP contribution in [0, 0.1) is 0 Å². The molecule has 1 aliphatic heterocycles. The molecule has 3 aromatic carbocycles. The fourth-order valence-corrected chi connectivity index (χ4v) is 4.61. The minimum absolute atomic E-state index is 0.0457. The van der Waals surface area contributed by atoms with Crippen molar-refractivity contribution in [2.75, 3.05) is 25.1 Å². The Morgan fingerprint density at radius 2 is 2.00 bits per heavy atom. The quantitative estimate of drug-likeness (QED) is 0.461. The van der Waals surface area contributed by atoms with Gasteiger partial charge in [0.05, 0.1) is 13.2 Å². The van der Waals surface area contributed by atoms with Gasteiger partial charge >= 0.3 is 0 Å². The van der Waals surface area contributed by atoms with Crippen LogP contribution in [0.3, 0.4) is 0 Å². The lowest BCUT2D eigenvalue weighted by Crippen LogP contribution is -2.40. The Hall–Kier alpha value is -3.54. The zero-order chi connectivity index (χ0) is 21.9. The SMILES string of the molecule is COc1ccc2ccccc2c1CCC(=O)NCC1CCCN1c1nc2ccccc2o1. The molecule has 1 aliphatic rings. The van der Waals surface area contributed by atoms with Crippen molar-refractivity contribution < 1.29 is 13.9 Å². The molecule has 0 bridgehead atoms.